The summed E-state index contributed by atoms with van der Waals surface area (Å²) in [5.41, 5.74) is 5.68. The number of piperidine rings is 1. The minimum Gasteiger partial charge on any atom is -0.496 e. The number of rotatable bonds is 5. The maximum absolute atomic E-state index is 13.2. The molecule has 1 fully saturated rings. The molecule has 1 unspecified atom stereocenters. The Hall–Kier alpha value is -1.84. The lowest BCUT2D eigenvalue weighted by Crippen LogP contribution is -2.53. The van der Waals surface area contributed by atoms with Crippen molar-refractivity contribution in [1.29, 1.82) is 0 Å². The second-order valence-electron chi connectivity index (χ2n) is 6.89. The molecule has 0 bridgehead atoms. The summed E-state index contributed by atoms with van der Waals surface area (Å²) >= 11 is 0. The molecule has 2 rings (SSSR count). The smallest absolute Gasteiger partial charge is 0.345 e. The molecule has 2 N–H and O–H groups in total. The molecule has 1 saturated heterocycles. The fraction of sp³-hybridized carbons (Fsp3) is 0.588. The minimum atomic E-state index is -3.90. The molecule has 9 heteroatoms. The summed E-state index contributed by atoms with van der Waals surface area (Å²) in [7, 11) is -0.0130. The molecule has 0 amide bonds. The number of methoxy groups -OCH3 is 3. The quantitative estimate of drug-likeness (QED) is 0.758. The molecule has 0 saturated carbocycles. The SMILES string of the molecule is COC(=O)c1c(OC)ccc(S(=O)(=O)N2CCC(N)C(C)(C)C2)c1OC. The van der Waals surface area contributed by atoms with Gasteiger partial charge in [-0.2, -0.15) is 4.31 Å². The van der Waals surface area contributed by atoms with Crippen LogP contribution in [0.3, 0.4) is 0 Å². The van der Waals surface area contributed by atoms with Crippen LogP contribution < -0.4 is 15.2 Å². The van der Waals surface area contributed by atoms with Gasteiger partial charge in [0.05, 0.1) is 21.3 Å². The molecule has 1 heterocycles. The molecule has 26 heavy (non-hydrogen) atoms. The van der Waals surface area contributed by atoms with Crippen LogP contribution in [0.5, 0.6) is 11.5 Å². The molecule has 8 nitrogen and oxygen atoms in total. The van der Waals surface area contributed by atoms with Gasteiger partial charge in [-0.1, -0.05) is 13.8 Å². The van der Waals surface area contributed by atoms with Crippen molar-refractivity contribution in [3.05, 3.63) is 17.7 Å². The monoisotopic (exact) mass is 386 g/mol. The van der Waals surface area contributed by atoms with Crippen LogP contribution in [0, 0.1) is 5.41 Å². The summed E-state index contributed by atoms with van der Waals surface area (Å²) in [4.78, 5) is 12.1. The third-order valence-corrected chi connectivity index (χ3v) is 6.66. The van der Waals surface area contributed by atoms with E-state index < -0.39 is 16.0 Å². The number of ether oxygens (including phenoxy) is 3. The van der Waals surface area contributed by atoms with Gasteiger partial charge >= 0.3 is 5.97 Å². The fourth-order valence-corrected chi connectivity index (χ4v) is 4.87. The molecular weight excluding hydrogens is 360 g/mol. The highest BCUT2D eigenvalue weighted by Crippen LogP contribution is 2.39. The van der Waals surface area contributed by atoms with Gasteiger partial charge in [0.15, 0.2) is 5.75 Å². The van der Waals surface area contributed by atoms with Gasteiger partial charge in [0.1, 0.15) is 16.2 Å². The number of sulfonamides is 1. The Balaban J connectivity index is 2.58. The molecule has 1 atom stereocenters. The first-order valence-electron chi connectivity index (χ1n) is 8.19. The van der Waals surface area contributed by atoms with E-state index in [0.29, 0.717) is 13.0 Å². The number of nitrogens with zero attached hydrogens (tertiary/aromatic N) is 1. The highest BCUT2D eigenvalue weighted by Gasteiger charge is 2.40. The van der Waals surface area contributed by atoms with Crippen molar-refractivity contribution in [3.63, 3.8) is 0 Å². The fourth-order valence-electron chi connectivity index (χ4n) is 3.09. The van der Waals surface area contributed by atoms with Crippen molar-refractivity contribution in [3.8, 4) is 11.5 Å². The van der Waals surface area contributed by atoms with Gasteiger partial charge in [-0.15, -0.1) is 0 Å². The number of nitrogens with two attached hydrogens (primary N) is 1. The second kappa shape index (κ2) is 7.42. The van der Waals surface area contributed by atoms with Crippen LogP contribution in [0.1, 0.15) is 30.6 Å². The standard InChI is InChI=1S/C17H26N2O6S/c1-17(2)10-19(9-8-13(17)18)26(21,22)12-7-6-11(23-3)14(15(12)24-4)16(20)25-5/h6-7,13H,8-10,18H2,1-5H3. The van der Waals surface area contributed by atoms with Crippen molar-refractivity contribution >= 4 is 16.0 Å². The molecule has 1 aliphatic heterocycles. The van der Waals surface area contributed by atoms with Crippen LogP contribution in [0.4, 0.5) is 0 Å². The topological polar surface area (TPSA) is 108 Å². The molecule has 0 spiro atoms. The first-order chi connectivity index (χ1) is 12.1. The zero-order chi connectivity index (χ0) is 19.7. The first kappa shape index (κ1) is 20.5. The van der Waals surface area contributed by atoms with E-state index >= 15 is 0 Å². The lowest BCUT2D eigenvalue weighted by molar-refractivity contribution is 0.0592. The minimum absolute atomic E-state index is 0.0634. The summed E-state index contributed by atoms with van der Waals surface area (Å²) in [5.74, 6) is -0.658. The number of hydrogen-bond donors (Lipinski definition) is 1. The van der Waals surface area contributed by atoms with E-state index in [4.69, 9.17) is 19.9 Å². The van der Waals surface area contributed by atoms with Crippen molar-refractivity contribution in [2.75, 3.05) is 34.4 Å². The highest BCUT2D eigenvalue weighted by molar-refractivity contribution is 7.89. The summed E-state index contributed by atoms with van der Waals surface area (Å²) < 4.78 is 43.1. The Labute approximate surface area is 154 Å². The number of benzene rings is 1. The van der Waals surface area contributed by atoms with Gasteiger partial charge in [-0.25, -0.2) is 13.2 Å². The van der Waals surface area contributed by atoms with E-state index in [2.05, 4.69) is 0 Å². The third-order valence-electron chi connectivity index (χ3n) is 4.79. The van der Waals surface area contributed by atoms with E-state index in [9.17, 15) is 13.2 Å². The number of carbonyl (C=O) groups is 1. The van der Waals surface area contributed by atoms with Crippen LogP contribution >= 0.6 is 0 Å². The molecule has 0 radical (unpaired) electrons. The maximum Gasteiger partial charge on any atom is 0.345 e. The number of carbonyl (C=O) groups excluding carboxylic acids is 1. The highest BCUT2D eigenvalue weighted by atomic mass is 32.2. The molecular formula is C17H26N2O6S. The van der Waals surface area contributed by atoms with Crippen LogP contribution in [-0.4, -0.2) is 59.2 Å². The molecule has 1 aliphatic rings. The zero-order valence-corrected chi connectivity index (χ0v) is 16.6. The van der Waals surface area contributed by atoms with Crippen LogP contribution in [0.25, 0.3) is 0 Å². The molecule has 1 aromatic carbocycles. The molecule has 146 valence electrons. The molecule has 0 aliphatic carbocycles. The van der Waals surface area contributed by atoms with Crippen molar-refractivity contribution in [2.24, 2.45) is 11.1 Å². The predicted octanol–water partition coefficient (Wildman–Crippen LogP) is 1.24. The Morgan fingerprint density at radius 3 is 2.38 bits per heavy atom. The Kier molecular flexibility index (Phi) is 5.84. The van der Waals surface area contributed by atoms with E-state index in [0.717, 1.165) is 0 Å². The zero-order valence-electron chi connectivity index (χ0n) is 15.7. The van der Waals surface area contributed by atoms with E-state index in [1.54, 1.807) is 0 Å². The van der Waals surface area contributed by atoms with Crippen molar-refractivity contribution < 1.29 is 27.4 Å². The second-order valence-corrected chi connectivity index (χ2v) is 8.79. The Morgan fingerprint density at radius 2 is 1.88 bits per heavy atom. The first-order valence-corrected chi connectivity index (χ1v) is 9.63. The van der Waals surface area contributed by atoms with Gasteiger partial charge < -0.3 is 19.9 Å². The van der Waals surface area contributed by atoms with Crippen LogP contribution in [0.15, 0.2) is 17.0 Å². The summed E-state index contributed by atoms with van der Waals surface area (Å²) in [6.45, 7) is 4.45. The largest absolute Gasteiger partial charge is 0.496 e. The van der Waals surface area contributed by atoms with Gasteiger partial charge in [0.25, 0.3) is 0 Å². The maximum atomic E-state index is 13.2. The van der Waals surface area contributed by atoms with Crippen LogP contribution in [-0.2, 0) is 14.8 Å². The Bertz CT molecular complexity index is 791. The normalized spacial score (nSPS) is 20.5. The Morgan fingerprint density at radius 1 is 1.23 bits per heavy atom. The summed E-state index contributed by atoms with van der Waals surface area (Å²) in [6, 6.07) is 2.71. The van der Waals surface area contributed by atoms with Gasteiger partial charge in [0, 0.05) is 19.1 Å². The van der Waals surface area contributed by atoms with E-state index in [1.165, 1.54) is 37.8 Å². The number of esters is 1. The predicted molar refractivity (Wildman–Crippen MR) is 96.0 cm³/mol. The van der Waals surface area contributed by atoms with Gasteiger partial charge in [-0.3, -0.25) is 0 Å². The van der Waals surface area contributed by atoms with E-state index in [1.807, 2.05) is 13.8 Å². The molecule has 0 aromatic heterocycles. The number of hydrogen-bond acceptors (Lipinski definition) is 7. The van der Waals surface area contributed by atoms with Gasteiger partial charge in [-0.05, 0) is 24.0 Å². The third kappa shape index (κ3) is 3.51. The summed E-state index contributed by atoms with van der Waals surface area (Å²) in [6.07, 6.45) is 0.550. The van der Waals surface area contributed by atoms with Gasteiger partial charge in [0.2, 0.25) is 10.0 Å². The average molecular weight is 386 g/mol. The average Bonchev–Trinajstić information content (AvgIpc) is 2.61. The summed E-state index contributed by atoms with van der Waals surface area (Å²) in [5, 5.41) is 0. The van der Waals surface area contributed by atoms with Crippen LogP contribution in [0.2, 0.25) is 0 Å². The lowest BCUT2D eigenvalue weighted by atomic mass is 9.81. The lowest BCUT2D eigenvalue weighted by Gasteiger charge is -2.41. The van der Waals surface area contributed by atoms with Crippen molar-refractivity contribution in [1.82, 2.24) is 4.31 Å². The van der Waals surface area contributed by atoms with Crippen molar-refractivity contribution in [2.45, 2.75) is 31.2 Å². The molecule has 1 aromatic rings. The van der Waals surface area contributed by atoms with E-state index in [-0.39, 0.29) is 40.0 Å².